The first-order valence-corrected chi connectivity index (χ1v) is 13.2. The van der Waals surface area contributed by atoms with Crippen molar-refractivity contribution in [2.75, 3.05) is 11.4 Å². The Morgan fingerprint density at radius 2 is 1.73 bits per heavy atom. The third-order valence-corrected chi connectivity index (χ3v) is 6.88. The molecule has 0 spiro atoms. The summed E-state index contributed by atoms with van der Waals surface area (Å²) in [6.07, 6.45) is -3.75. The summed E-state index contributed by atoms with van der Waals surface area (Å²) in [6.45, 7) is 4.72. The average Bonchev–Trinajstić information content (AvgIpc) is 3.35. The van der Waals surface area contributed by atoms with Crippen molar-refractivity contribution in [2.24, 2.45) is 0 Å². The summed E-state index contributed by atoms with van der Waals surface area (Å²) in [4.78, 5) is 34.3. The van der Waals surface area contributed by atoms with Crippen molar-refractivity contribution < 1.29 is 37.0 Å². The van der Waals surface area contributed by atoms with Crippen LogP contribution in [0.3, 0.4) is 0 Å². The molecule has 0 saturated carbocycles. The number of alkyl halides is 3. The largest absolute Gasteiger partial charge is 0.465 e. The van der Waals surface area contributed by atoms with E-state index in [2.05, 4.69) is 15.3 Å². The summed E-state index contributed by atoms with van der Waals surface area (Å²) in [7, 11) is 0. The molecule has 13 heteroatoms. The lowest BCUT2D eigenvalue weighted by atomic mass is 10.0. The molecule has 0 radical (unpaired) electrons. The van der Waals surface area contributed by atoms with Crippen molar-refractivity contribution in [2.45, 2.75) is 45.0 Å². The van der Waals surface area contributed by atoms with E-state index in [1.54, 1.807) is 39.0 Å². The minimum atomic E-state index is -4.51. The molecule has 0 saturated heterocycles. The highest BCUT2D eigenvalue weighted by molar-refractivity contribution is 7.19. The molecule has 2 N–H and O–H groups in total. The van der Waals surface area contributed by atoms with Crippen LogP contribution in [0.1, 0.15) is 31.9 Å². The first-order valence-electron chi connectivity index (χ1n) is 12.4. The number of nitrogens with one attached hydrogen (secondary N) is 1. The number of hydrogen-bond acceptors (Lipinski definition) is 6. The number of pyridine rings is 1. The number of anilines is 1. The van der Waals surface area contributed by atoms with Gasteiger partial charge in [0.1, 0.15) is 5.60 Å². The molecular weight excluding hydrogens is 564 g/mol. The van der Waals surface area contributed by atoms with E-state index in [4.69, 9.17) is 4.74 Å². The van der Waals surface area contributed by atoms with Crippen molar-refractivity contribution in [1.29, 1.82) is 0 Å². The van der Waals surface area contributed by atoms with Gasteiger partial charge in [0.25, 0.3) is 0 Å². The maximum Gasteiger partial charge on any atom is 0.416 e. The van der Waals surface area contributed by atoms with E-state index >= 15 is 0 Å². The second-order valence-corrected chi connectivity index (χ2v) is 11.2. The molecule has 0 aliphatic rings. The molecule has 216 valence electrons. The Labute approximate surface area is 236 Å². The zero-order valence-electron chi connectivity index (χ0n) is 22.2. The lowest BCUT2D eigenvalue weighted by Gasteiger charge is -2.27. The van der Waals surface area contributed by atoms with Gasteiger partial charge in [-0.25, -0.2) is 19.6 Å². The summed E-state index contributed by atoms with van der Waals surface area (Å²) < 4.78 is 58.0. The van der Waals surface area contributed by atoms with Crippen molar-refractivity contribution in [3.8, 4) is 10.4 Å². The van der Waals surface area contributed by atoms with Crippen LogP contribution in [0.2, 0.25) is 0 Å². The molecule has 0 unspecified atom stereocenters. The summed E-state index contributed by atoms with van der Waals surface area (Å²) in [5.41, 5.74) is -0.529. The fourth-order valence-corrected chi connectivity index (χ4v) is 4.91. The Hall–Kier alpha value is -4.26. The van der Waals surface area contributed by atoms with Crippen LogP contribution < -0.4 is 10.2 Å². The third-order valence-electron chi connectivity index (χ3n) is 5.82. The van der Waals surface area contributed by atoms with Gasteiger partial charge in [0, 0.05) is 23.8 Å². The monoisotopic (exact) mass is 590 g/mol. The number of fused-ring (bicyclic) bond motifs is 1. The number of hydrogen-bond donors (Lipinski definition) is 2. The Kier molecular flexibility index (Phi) is 8.47. The highest BCUT2D eigenvalue weighted by Gasteiger charge is 2.31. The molecule has 2 heterocycles. The van der Waals surface area contributed by atoms with Gasteiger partial charge in [0.05, 0.1) is 23.0 Å². The van der Waals surface area contributed by atoms with E-state index in [-0.39, 0.29) is 18.1 Å². The van der Waals surface area contributed by atoms with E-state index in [1.165, 1.54) is 30.6 Å². The first-order chi connectivity index (χ1) is 19.2. The highest BCUT2D eigenvalue weighted by atomic mass is 32.1. The van der Waals surface area contributed by atoms with Crippen LogP contribution in [0.25, 0.3) is 21.2 Å². The number of amides is 2. The van der Waals surface area contributed by atoms with Gasteiger partial charge in [0.2, 0.25) is 5.95 Å². The number of carbonyl (C=O) groups excluding carboxylic acids is 1. The molecule has 8 nitrogen and oxygen atoms in total. The minimum absolute atomic E-state index is 0.0175. The van der Waals surface area contributed by atoms with E-state index in [0.717, 1.165) is 33.8 Å². The van der Waals surface area contributed by atoms with Crippen LogP contribution in [0.4, 0.5) is 32.3 Å². The molecule has 0 bridgehead atoms. The lowest BCUT2D eigenvalue weighted by molar-refractivity contribution is -0.137. The number of thiazole rings is 1. The molecule has 2 aromatic heterocycles. The number of alkyl carbamates (subject to hydrolysis) is 1. The molecule has 1 atom stereocenters. The number of rotatable bonds is 7. The van der Waals surface area contributed by atoms with E-state index in [9.17, 15) is 32.3 Å². The van der Waals surface area contributed by atoms with Crippen molar-refractivity contribution >= 4 is 39.4 Å². The molecule has 2 amide bonds. The second kappa shape index (κ2) is 11.7. The summed E-state index contributed by atoms with van der Waals surface area (Å²) in [5.74, 6) is -0.631. The van der Waals surface area contributed by atoms with Crippen LogP contribution in [0, 0.1) is 5.95 Å². The lowest BCUT2D eigenvalue weighted by Crippen LogP contribution is -2.48. The summed E-state index contributed by atoms with van der Waals surface area (Å²) in [6, 6.07) is 10.1. The Morgan fingerprint density at radius 1 is 1.02 bits per heavy atom. The molecule has 4 rings (SSSR count). The predicted molar refractivity (Wildman–Crippen MR) is 146 cm³/mol. The van der Waals surface area contributed by atoms with Gasteiger partial charge in [-0.2, -0.15) is 17.6 Å². The van der Waals surface area contributed by atoms with Crippen LogP contribution >= 0.6 is 11.3 Å². The van der Waals surface area contributed by atoms with Crippen molar-refractivity contribution in [3.05, 3.63) is 78.0 Å². The van der Waals surface area contributed by atoms with Gasteiger partial charge in [-0.1, -0.05) is 35.6 Å². The van der Waals surface area contributed by atoms with Gasteiger partial charge >= 0.3 is 18.4 Å². The van der Waals surface area contributed by atoms with Gasteiger partial charge in [-0.15, -0.1) is 0 Å². The van der Waals surface area contributed by atoms with E-state index in [1.807, 2.05) is 0 Å². The van der Waals surface area contributed by atoms with Crippen LogP contribution in [-0.2, 0) is 17.3 Å². The maximum atomic E-state index is 13.6. The van der Waals surface area contributed by atoms with Crippen molar-refractivity contribution in [1.82, 2.24) is 15.3 Å². The Bertz CT molecular complexity index is 1550. The number of carboxylic acid groups (broad SMARTS) is 1. The van der Waals surface area contributed by atoms with Gasteiger partial charge in [-0.05, 0) is 61.9 Å². The van der Waals surface area contributed by atoms with Crippen LogP contribution in [0.5, 0.6) is 0 Å². The Morgan fingerprint density at radius 3 is 2.37 bits per heavy atom. The quantitative estimate of drug-likeness (QED) is 0.175. The molecule has 0 aliphatic carbocycles. The summed E-state index contributed by atoms with van der Waals surface area (Å²) >= 11 is 1.07. The third kappa shape index (κ3) is 7.91. The molecule has 41 heavy (non-hydrogen) atoms. The number of benzene rings is 2. The molecule has 0 fully saturated rings. The van der Waals surface area contributed by atoms with E-state index in [0.29, 0.717) is 21.4 Å². The normalized spacial score (nSPS) is 12.7. The second-order valence-electron chi connectivity index (χ2n) is 10.2. The fraction of sp³-hybridized carbons (Fsp3) is 0.286. The minimum Gasteiger partial charge on any atom is -0.465 e. The molecule has 2 aromatic carbocycles. The standard InChI is InChI=1S/C28H26F4N4O4S/c1-27(2,3)40-25(37)35-21(10-16-4-8-20(9-5-16)28(30,31)32)15-36(26(38)39)24-34-14-22(41-24)17-6-7-18-13-33-23(29)12-19(18)11-17/h4-9,11-14,21H,10,15H2,1-3H3,(H,35,37)(H,38,39)/t21-/m1/s1. The number of ether oxygens (including phenoxy) is 1. The van der Waals surface area contributed by atoms with E-state index < -0.39 is 41.5 Å². The van der Waals surface area contributed by atoms with Gasteiger partial charge in [-0.3, -0.25) is 4.90 Å². The average molecular weight is 591 g/mol. The maximum absolute atomic E-state index is 13.6. The Balaban J connectivity index is 1.59. The molecular formula is C28H26F4N4O4S. The van der Waals surface area contributed by atoms with Crippen LogP contribution in [-0.4, -0.2) is 45.4 Å². The zero-order valence-corrected chi connectivity index (χ0v) is 23.0. The molecule has 0 aliphatic heterocycles. The van der Waals surface area contributed by atoms with Crippen molar-refractivity contribution in [3.63, 3.8) is 0 Å². The topological polar surface area (TPSA) is 105 Å². The number of nitrogens with zero attached hydrogens (tertiary/aromatic N) is 3. The predicted octanol–water partition coefficient (Wildman–Crippen LogP) is 7.14. The summed E-state index contributed by atoms with van der Waals surface area (Å²) in [5, 5.41) is 14.1. The highest BCUT2D eigenvalue weighted by Crippen LogP contribution is 2.33. The molecule has 4 aromatic rings. The number of halogens is 4. The number of aromatic nitrogens is 2. The number of carbonyl (C=O) groups is 2. The first kappa shape index (κ1) is 29.7. The zero-order chi connectivity index (χ0) is 29.9. The van der Waals surface area contributed by atoms with Gasteiger partial charge in [0.15, 0.2) is 5.13 Å². The van der Waals surface area contributed by atoms with Gasteiger partial charge < -0.3 is 15.2 Å². The SMILES string of the molecule is CC(C)(C)OC(=O)N[C@H](Cc1ccc(C(F)(F)F)cc1)CN(C(=O)O)c1ncc(-c2ccc3cnc(F)cc3c2)s1. The van der Waals surface area contributed by atoms with Crippen LogP contribution in [0.15, 0.2) is 60.9 Å². The fourth-order valence-electron chi connectivity index (χ4n) is 4.00. The smallest absolute Gasteiger partial charge is 0.416 e.